The molecule has 9 nitrogen and oxygen atoms in total. The van der Waals surface area contributed by atoms with E-state index < -0.39 is 17.6 Å². The van der Waals surface area contributed by atoms with E-state index in [1.165, 1.54) is 0 Å². The van der Waals surface area contributed by atoms with Crippen molar-refractivity contribution < 1.29 is 36.0 Å². The lowest BCUT2D eigenvalue weighted by atomic mass is 10.3. The van der Waals surface area contributed by atoms with Gasteiger partial charge in [-0.2, -0.15) is 0 Å². The fourth-order valence-electron chi connectivity index (χ4n) is 4.47. The summed E-state index contributed by atoms with van der Waals surface area (Å²) >= 11 is 0. The molecular formula is C28H63NO8Si2. The van der Waals surface area contributed by atoms with E-state index in [-0.39, 0.29) is 0 Å². The molecule has 0 rings (SSSR count). The van der Waals surface area contributed by atoms with Gasteiger partial charge in [-0.25, -0.2) is 0 Å². The smallest absolute Gasteiger partial charge is 0.380 e. The summed E-state index contributed by atoms with van der Waals surface area (Å²) in [6.07, 6.45) is 6.38. The second-order valence-electron chi connectivity index (χ2n) is 9.24. The van der Waals surface area contributed by atoms with Crippen molar-refractivity contribution in [1.29, 1.82) is 0 Å². The van der Waals surface area contributed by atoms with Crippen molar-refractivity contribution in [2.45, 2.75) is 99.1 Å². The number of rotatable bonds is 31. The molecule has 0 heterocycles. The monoisotopic (exact) mass is 597 g/mol. The van der Waals surface area contributed by atoms with Crippen LogP contribution in [0.5, 0.6) is 0 Å². The predicted molar refractivity (Wildman–Crippen MR) is 162 cm³/mol. The van der Waals surface area contributed by atoms with E-state index in [0.29, 0.717) is 39.6 Å². The van der Waals surface area contributed by atoms with Crippen molar-refractivity contribution in [2.75, 3.05) is 85.7 Å². The average Bonchev–Trinajstić information content (AvgIpc) is 2.91. The van der Waals surface area contributed by atoms with Crippen molar-refractivity contribution in [1.82, 2.24) is 4.90 Å². The number of hydrogen-bond donors (Lipinski definition) is 0. The van der Waals surface area contributed by atoms with Crippen LogP contribution in [0.25, 0.3) is 0 Å². The molecule has 0 fully saturated rings. The van der Waals surface area contributed by atoms with Gasteiger partial charge in [0, 0.05) is 78.0 Å². The Morgan fingerprint density at radius 2 is 0.744 bits per heavy atom. The lowest BCUT2D eigenvalue weighted by Crippen LogP contribution is -2.45. The zero-order valence-electron chi connectivity index (χ0n) is 26.6. The molecule has 0 N–H and O–H groups in total. The first-order valence-electron chi connectivity index (χ1n) is 15.7. The van der Waals surface area contributed by atoms with Gasteiger partial charge in [0.25, 0.3) is 0 Å². The molecular weight excluding hydrogens is 534 g/mol. The van der Waals surface area contributed by atoms with Crippen LogP contribution in [0, 0.1) is 0 Å². The molecule has 236 valence electrons. The van der Waals surface area contributed by atoms with Crippen LogP contribution in [-0.4, -0.2) is 108 Å². The number of nitrogens with zero attached hydrogens (tertiary/aromatic N) is 1. The molecule has 0 aromatic heterocycles. The van der Waals surface area contributed by atoms with Crippen LogP contribution in [0.15, 0.2) is 0 Å². The first-order chi connectivity index (χ1) is 19.0. The molecule has 0 aromatic rings. The third-order valence-electron chi connectivity index (χ3n) is 6.28. The van der Waals surface area contributed by atoms with E-state index in [1.807, 2.05) is 41.5 Å². The van der Waals surface area contributed by atoms with E-state index in [1.54, 1.807) is 0 Å². The summed E-state index contributed by atoms with van der Waals surface area (Å²) in [5.41, 5.74) is 0. The number of unbranched alkanes of at least 4 members (excludes halogenated alkanes) is 4. The van der Waals surface area contributed by atoms with Crippen LogP contribution in [0.4, 0.5) is 0 Å². The molecule has 0 saturated heterocycles. The number of ether oxygens (including phenoxy) is 2. The van der Waals surface area contributed by atoms with Crippen molar-refractivity contribution in [3.8, 4) is 0 Å². The fourth-order valence-corrected chi connectivity index (χ4v) is 9.84. The Morgan fingerprint density at radius 1 is 0.410 bits per heavy atom. The van der Waals surface area contributed by atoms with Gasteiger partial charge in [-0.05, 0) is 73.8 Å². The summed E-state index contributed by atoms with van der Waals surface area (Å²) in [6, 6.07) is 1.75. The minimum Gasteiger partial charge on any atom is -0.380 e. The molecule has 0 radical (unpaired) electrons. The molecule has 0 saturated carbocycles. The summed E-state index contributed by atoms with van der Waals surface area (Å²) in [7, 11) is -5.01. The number of hydrogen-bond acceptors (Lipinski definition) is 9. The Labute approximate surface area is 243 Å². The fraction of sp³-hybridized carbons (Fsp3) is 1.00. The highest BCUT2D eigenvalue weighted by molar-refractivity contribution is 6.61. The topological polar surface area (TPSA) is 77.1 Å². The SMILES string of the molecule is CCO[Si](CCCCCOCCN(CC)CCOCCCCC[Si](OCC)(OCC)OCC)(OCC)OCC. The Balaban J connectivity index is 3.90. The quantitative estimate of drug-likeness (QED) is 0.0730. The summed E-state index contributed by atoms with van der Waals surface area (Å²) in [4.78, 5) is 2.39. The second kappa shape index (κ2) is 26.9. The maximum Gasteiger partial charge on any atom is 0.500 e. The zero-order chi connectivity index (χ0) is 29.1. The van der Waals surface area contributed by atoms with Crippen molar-refractivity contribution in [3.05, 3.63) is 0 Å². The van der Waals surface area contributed by atoms with Gasteiger partial charge in [0.15, 0.2) is 0 Å². The Kier molecular flexibility index (Phi) is 27.0. The Morgan fingerprint density at radius 3 is 1.03 bits per heavy atom. The molecule has 0 bridgehead atoms. The molecule has 0 atom stereocenters. The molecule has 0 spiro atoms. The van der Waals surface area contributed by atoms with Gasteiger partial charge in [-0.1, -0.05) is 19.8 Å². The van der Waals surface area contributed by atoms with Gasteiger partial charge < -0.3 is 36.0 Å². The Bertz CT molecular complexity index is 446. The molecule has 0 aromatic carbocycles. The summed E-state index contributed by atoms with van der Waals surface area (Å²) < 4.78 is 47.4. The van der Waals surface area contributed by atoms with Gasteiger partial charge >= 0.3 is 17.6 Å². The lowest BCUT2D eigenvalue weighted by molar-refractivity contribution is 0.0678. The van der Waals surface area contributed by atoms with E-state index in [9.17, 15) is 0 Å². The first-order valence-corrected chi connectivity index (χ1v) is 19.6. The largest absolute Gasteiger partial charge is 0.500 e. The zero-order valence-corrected chi connectivity index (χ0v) is 28.6. The maximum absolute atomic E-state index is 5.93. The highest BCUT2D eigenvalue weighted by atomic mass is 28.4. The van der Waals surface area contributed by atoms with Crippen LogP contribution in [0.2, 0.25) is 12.1 Å². The standard InChI is InChI=1S/C28H63NO8Si2/c1-8-29(21-25-30-23-17-15-19-27-38(32-9-2,33-10-3)34-11-4)22-26-31-24-18-16-20-28-39(35-12-5,36-13-6)37-14-7/h8-28H2,1-7H3. The van der Waals surface area contributed by atoms with Crippen molar-refractivity contribution in [3.63, 3.8) is 0 Å². The second-order valence-corrected chi connectivity index (χ2v) is 14.7. The van der Waals surface area contributed by atoms with Gasteiger partial charge in [0.1, 0.15) is 0 Å². The molecule has 11 heteroatoms. The van der Waals surface area contributed by atoms with E-state index in [2.05, 4.69) is 11.8 Å². The molecule has 0 aliphatic heterocycles. The summed E-state index contributed by atoms with van der Waals surface area (Å²) in [6.45, 7) is 24.0. The van der Waals surface area contributed by atoms with E-state index in [0.717, 1.165) is 96.7 Å². The third kappa shape index (κ3) is 19.8. The molecule has 0 aliphatic carbocycles. The molecule has 0 aliphatic rings. The first kappa shape index (κ1) is 39.1. The minimum atomic E-state index is -2.51. The number of likely N-dealkylation sites (N-methyl/N-ethyl adjacent to an activating group) is 1. The van der Waals surface area contributed by atoms with Gasteiger partial charge in [-0.15, -0.1) is 0 Å². The normalized spacial score (nSPS) is 12.6. The van der Waals surface area contributed by atoms with Gasteiger partial charge in [0.05, 0.1) is 13.2 Å². The van der Waals surface area contributed by atoms with E-state index >= 15 is 0 Å². The van der Waals surface area contributed by atoms with Crippen LogP contribution < -0.4 is 0 Å². The van der Waals surface area contributed by atoms with Crippen molar-refractivity contribution in [2.24, 2.45) is 0 Å². The Hall–Kier alpha value is 0.0738. The summed E-state index contributed by atoms with van der Waals surface area (Å²) in [5, 5.41) is 0. The van der Waals surface area contributed by atoms with Crippen LogP contribution >= 0.6 is 0 Å². The predicted octanol–water partition coefficient (Wildman–Crippen LogP) is 5.78. The lowest BCUT2D eigenvalue weighted by Gasteiger charge is -2.28. The molecule has 0 unspecified atom stereocenters. The molecule has 39 heavy (non-hydrogen) atoms. The minimum absolute atomic E-state index is 0.634. The highest BCUT2D eigenvalue weighted by Gasteiger charge is 2.40. The summed E-state index contributed by atoms with van der Waals surface area (Å²) in [5.74, 6) is 0. The van der Waals surface area contributed by atoms with Gasteiger partial charge in [-0.3, -0.25) is 4.90 Å². The highest BCUT2D eigenvalue weighted by Crippen LogP contribution is 2.21. The van der Waals surface area contributed by atoms with Gasteiger partial charge in [0.2, 0.25) is 0 Å². The van der Waals surface area contributed by atoms with Crippen LogP contribution in [-0.2, 0) is 36.0 Å². The van der Waals surface area contributed by atoms with Crippen LogP contribution in [0.1, 0.15) is 87.0 Å². The van der Waals surface area contributed by atoms with E-state index in [4.69, 9.17) is 36.0 Å². The van der Waals surface area contributed by atoms with Crippen molar-refractivity contribution >= 4 is 17.6 Å². The van der Waals surface area contributed by atoms with Crippen LogP contribution in [0.3, 0.4) is 0 Å². The average molecular weight is 598 g/mol. The third-order valence-corrected chi connectivity index (χ3v) is 12.6. The molecule has 0 amide bonds. The maximum atomic E-state index is 5.93.